The Labute approximate surface area is 168 Å². The molecule has 5 nitrogen and oxygen atoms in total. The highest BCUT2D eigenvalue weighted by atomic mass is 32.1. The van der Waals surface area contributed by atoms with Crippen molar-refractivity contribution in [1.82, 2.24) is 14.9 Å². The normalized spacial score (nSPS) is 11.4. The fourth-order valence-corrected chi connectivity index (χ4v) is 3.25. The number of aryl methyl sites for hydroxylation is 2. The van der Waals surface area contributed by atoms with E-state index in [1.807, 2.05) is 37.3 Å². The van der Waals surface area contributed by atoms with Crippen LogP contribution in [0.4, 0.5) is 0 Å². The predicted molar refractivity (Wildman–Crippen MR) is 115 cm³/mol. The Morgan fingerprint density at radius 3 is 2.71 bits per heavy atom. The number of aromatic amines is 1. The van der Waals surface area contributed by atoms with Gasteiger partial charge in [0.25, 0.3) is 0 Å². The molecule has 0 atom stereocenters. The number of benzene rings is 3. The molecule has 4 rings (SSSR count). The van der Waals surface area contributed by atoms with E-state index in [4.69, 9.17) is 17.0 Å². The van der Waals surface area contributed by atoms with Crippen LogP contribution < -0.4 is 4.74 Å². The van der Waals surface area contributed by atoms with Crippen LogP contribution in [-0.2, 0) is 6.61 Å². The molecule has 0 saturated heterocycles. The molecule has 1 heterocycles. The van der Waals surface area contributed by atoms with Gasteiger partial charge >= 0.3 is 0 Å². The molecule has 0 radical (unpaired) electrons. The highest BCUT2D eigenvalue weighted by Crippen LogP contribution is 2.20. The standard InChI is InChI=1S/C22H20N4OS/c1-15-7-10-20(16(2)11-15)27-14-21-24-25-22(28)26(21)23-13-17-8-9-18-5-3-4-6-19(18)12-17/h3-13H,14H2,1-2H3,(H,25,28)/b23-13-. The number of fused-ring (bicyclic) bond motifs is 1. The minimum Gasteiger partial charge on any atom is -0.485 e. The van der Waals surface area contributed by atoms with Gasteiger partial charge in [0.1, 0.15) is 12.4 Å². The van der Waals surface area contributed by atoms with Gasteiger partial charge in [0.2, 0.25) is 4.77 Å². The van der Waals surface area contributed by atoms with Gasteiger partial charge in [-0.1, -0.05) is 54.1 Å². The molecule has 0 spiro atoms. The molecule has 0 fully saturated rings. The first-order valence-corrected chi connectivity index (χ1v) is 9.40. The maximum absolute atomic E-state index is 5.92. The average molecular weight is 388 g/mol. The van der Waals surface area contributed by atoms with Gasteiger partial charge in [-0.25, -0.2) is 5.10 Å². The number of rotatable bonds is 5. The van der Waals surface area contributed by atoms with Crippen LogP contribution in [0.2, 0.25) is 0 Å². The van der Waals surface area contributed by atoms with Crippen molar-refractivity contribution in [3.63, 3.8) is 0 Å². The van der Waals surface area contributed by atoms with E-state index in [9.17, 15) is 0 Å². The van der Waals surface area contributed by atoms with Crippen LogP contribution >= 0.6 is 12.2 Å². The Morgan fingerprint density at radius 2 is 1.89 bits per heavy atom. The second-order valence-corrected chi connectivity index (χ2v) is 7.05. The van der Waals surface area contributed by atoms with E-state index in [1.165, 1.54) is 16.3 Å². The fraction of sp³-hybridized carbons (Fsp3) is 0.136. The third kappa shape index (κ3) is 3.87. The maximum Gasteiger partial charge on any atom is 0.216 e. The third-order valence-electron chi connectivity index (χ3n) is 4.50. The summed E-state index contributed by atoms with van der Waals surface area (Å²) in [5.41, 5.74) is 3.27. The van der Waals surface area contributed by atoms with Crippen molar-refractivity contribution in [2.45, 2.75) is 20.5 Å². The van der Waals surface area contributed by atoms with Gasteiger partial charge < -0.3 is 4.74 Å². The topological polar surface area (TPSA) is 55.2 Å². The third-order valence-corrected chi connectivity index (χ3v) is 4.76. The monoisotopic (exact) mass is 388 g/mol. The number of aromatic nitrogens is 3. The summed E-state index contributed by atoms with van der Waals surface area (Å²) in [7, 11) is 0. The second kappa shape index (κ2) is 7.78. The van der Waals surface area contributed by atoms with Crippen molar-refractivity contribution in [2.24, 2.45) is 5.10 Å². The molecule has 0 amide bonds. The molecule has 3 aromatic carbocycles. The predicted octanol–water partition coefficient (Wildman–Crippen LogP) is 5.17. The molecule has 1 N–H and O–H groups in total. The zero-order chi connectivity index (χ0) is 19.5. The van der Waals surface area contributed by atoms with E-state index < -0.39 is 0 Å². The number of hydrogen-bond acceptors (Lipinski definition) is 4. The van der Waals surface area contributed by atoms with Crippen LogP contribution in [0.25, 0.3) is 10.8 Å². The van der Waals surface area contributed by atoms with Crippen molar-refractivity contribution in [1.29, 1.82) is 0 Å². The summed E-state index contributed by atoms with van der Waals surface area (Å²) in [5, 5.41) is 13.9. The van der Waals surface area contributed by atoms with Gasteiger partial charge in [-0.05, 0) is 60.1 Å². The molecule has 0 aliphatic carbocycles. The summed E-state index contributed by atoms with van der Waals surface area (Å²) >= 11 is 5.31. The summed E-state index contributed by atoms with van der Waals surface area (Å²) in [5.74, 6) is 1.44. The first kappa shape index (κ1) is 18.1. The van der Waals surface area contributed by atoms with Crippen LogP contribution in [0.5, 0.6) is 5.75 Å². The Balaban J connectivity index is 1.55. The minimum absolute atomic E-state index is 0.270. The first-order chi connectivity index (χ1) is 13.6. The van der Waals surface area contributed by atoms with Crippen molar-refractivity contribution in [3.05, 3.63) is 87.9 Å². The molecule has 140 valence electrons. The van der Waals surface area contributed by atoms with Gasteiger partial charge in [-0.15, -0.1) is 0 Å². The van der Waals surface area contributed by atoms with Crippen LogP contribution in [0.1, 0.15) is 22.5 Å². The second-order valence-electron chi connectivity index (χ2n) is 6.67. The molecule has 28 heavy (non-hydrogen) atoms. The Hall–Kier alpha value is -3.25. The lowest BCUT2D eigenvalue weighted by molar-refractivity contribution is 0.288. The van der Waals surface area contributed by atoms with Gasteiger partial charge in [-0.2, -0.15) is 14.9 Å². The Bertz CT molecular complexity index is 1220. The summed E-state index contributed by atoms with van der Waals surface area (Å²) in [4.78, 5) is 0. The lowest BCUT2D eigenvalue weighted by atomic mass is 10.1. The molecular formula is C22H20N4OS. The summed E-state index contributed by atoms with van der Waals surface area (Å²) in [6.45, 7) is 4.35. The molecule has 0 aliphatic heterocycles. The van der Waals surface area contributed by atoms with E-state index in [-0.39, 0.29) is 6.61 Å². The molecule has 4 aromatic rings. The van der Waals surface area contributed by atoms with Crippen LogP contribution in [-0.4, -0.2) is 21.1 Å². The summed E-state index contributed by atoms with van der Waals surface area (Å²) in [6, 6.07) is 20.5. The van der Waals surface area contributed by atoms with Crippen LogP contribution in [0, 0.1) is 18.6 Å². The molecule has 0 unspecified atom stereocenters. The SMILES string of the molecule is Cc1ccc(OCc2n[nH]c(=S)n2/N=C\c2ccc3ccccc3c2)c(C)c1. The van der Waals surface area contributed by atoms with Crippen molar-refractivity contribution < 1.29 is 4.74 Å². The minimum atomic E-state index is 0.270. The van der Waals surface area contributed by atoms with E-state index in [0.717, 1.165) is 16.9 Å². The summed E-state index contributed by atoms with van der Waals surface area (Å²) in [6.07, 6.45) is 1.78. The quantitative estimate of drug-likeness (QED) is 0.379. The largest absolute Gasteiger partial charge is 0.485 e. The molecule has 0 aliphatic rings. The molecular weight excluding hydrogens is 368 g/mol. The van der Waals surface area contributed by atoms with E-state index in [2.05, 4.69) is 52.6 Å². The summed E-state index contributed by atoms with van der Waals surface area (Å²) < 4.78 is 7.94. The lowest BCUT2D eigenvalue weighted by Gasteiger charge is -2.09. The smallest absolute Gasteiger partial charge is 0.216 e. The van der Waals surface area contributed by atoms with Gasteiger partial charge in [0.05, 0.1) is 6.21 Å². The van der Waals surface area contributed by atoms with Gasteiger partial charge in [0, 0.05) is 0 Å². The number of ether oxygens (including phenoxy) is 1. The highest BCUT2D eigenvalue weighted by Gasteiger charge is 2.07. The Kier molecular flexibility index (Phi) is 5.04. The zero-order valence-corrected chi connectivity index (χ0v) is 16.5. The van der Waals surface area contributed by atoms with Gasteiger partial charge in [-0.3, -0.25) is 0 Å². The molecule has 1 aromatic heterocycles. The maximum atomic E-state index is 5.92. The fourth-order valence-electron chi connectivity index (χ4n) is 3.05. The van der Waals surface area contributed by atoms with Crippen molar-refractivity contribution in [2.75, 3.05) is 0 Å². The number of nitrogens with one attached hydrogen (secondary N) is 1. The molecule has 0 saturated carbocycles. The van der Waals surface area contributed by atoms with Crippen LogP contribution in [0.3, 0.4) is 0 Å². The molecule has 0 bridgehead atoms. The Morgan fingerprint density at radius 1 is 1.07 bits per heavy atom. The molecule has 6 heteroatoms. The van der Waals surface area contributed by atoms with E-state index >= 15 is 0 Å². The first-order valence-electron chi connectivity index (χ1n) is 9.00. The van der Waals surface area contributed by atoms with Crippen molar-refractivity contribution >= 4 is 29.2 Å². The van der Waals surface area contributed by atoms with E-state index in [0.29, 0.717) is 10.6 Å². The number of nitrogens with zero attached hydrogens (tertiary/aromatic N) is 3. The highest BCUT2D eigenvalue weighted by molar-refractivity contribution is 7.71. The lowest BCUT2D eigenvalue weighted by Crippen LogP contribution is -2.05. The zero-order valence-electron chi connectivity index (χ0n) is 15.7. The van der Waals surface area contributed by atoms with E-state index in [1.54, 1.807) is 10.9 Å². The number of H-pyrrole nitrogens is 1. The number of hydrogen-bond donors (Lipinski definition) is 1. The van der Waals surface area contributed by atoms with Crippen LogP contribution in [0.15, 0.2) is 65.8 Å². The van der Waals surface area contributed by atoms with Gasteiger partial charge in [0.15, 0.2) is 5.82 Å². The van der Waals surface area contributed by atoms with Crippen molar-refractivity contribution in [3.8, 4) is 5.75 Å². The average Bonchev–Trinajstić information content (AvgIpc) is 3.05.